The van der Waals surface area contributed by atoms with Gasteiger partial charge in [0.15, 0.2) is 5.79 Å². The lowest BCUT2D eigenvalue weighted by molar-refractivity contribution is -0.240. The number of benzene rings is 2. The molecule has 1 aliphatic rings. The van der Waals surface area contributed by atoms with Crippen LogP contribution in [0.1, 0.15) is 31.9 Å². The van der Waals surface area contributed by atoms with Gasteiger partial charge in [0.2, 0.25) is 0 Å². The first-order valence-electron chi connectivity index (χ1n) is 8.62. The molecule has 4 heteroatoms. The summed E-state index contributed by atoms with van der Waals surface area (Å²) in [5.41, 5.74) is 1.47. The molecule has 0 spiro atoms. The van der Waals surface area contributed by atoms with Crippen LogP contribution in [0.3, 0.4) is 0 Å². The van der Waals surface area contributed by atoms with Crippen molar-refractivity contribution in [2.75, 3.05) is 0 Å². The fraction of sp³-hybridized carbons (Fsp3) is 0.429. The number of ether oxygens (including phenoxy) is 3. The molecule has 3 atom stereocenters. The van der Waals surface area contributed by atoms with Crippen LogP contribution >= 0.6 is 0 Å². The maximum atomic E-state index is 10.7. The van der Waals surface area contributed by atoms with Gasteiger partial charge >= 0.3 is 0 Å². The van der Waals surface area contributed by atoms with Crippen molar-refractivity contribution in [2.45, 2.75) is 57.6 Å². The minimum absolute atomic E-state index is 0.383. The molecule has 0 aliphatic carbocycles. The van der Waals surface area contributed by atoms with Crippen LogP contribution in [0, 0.1) is 0 Å². The van der Waals surface area contributed by atoms with Gasteiger partial charge in [-0.1, -0.05) is 60.7 Å². The van der Waals surface area contributed by atoms with E-state index in [-0.39, 0.29) is 6.10 Å². The fourth-order valence-electron chi connectivity index (χ4n) is 3.34. The zero-order valence-electron chi connectivity index (χ0n) is 15.0. The summed E-state index contributed by atoms with van der Waals surface area (Å²) in [4.78, 5) is 0. The Morgan fingerprint density at radius 1 is 0.800 bits per heavy atom. The molecule has 0 saturated carbocycles. The highest BCUT2D eigenvalue weighted by Gasteiger charge is 2.57. The lowest BCUT2D eigenvalue weighted by Crippen LogP contribution is -2.45. The van der Waals surface area contributed by atoms with Crippen LogP contribution in [0.25, 0.3) is 0 Å². The topological polar surface area (TPSA) is 47.9 Å². The molecule has 2 aromatic carbocycles. The van der Waals surface area contributed by atoms with Crippen molar-refractivity contribution < 1.29 is 19.3 Å². The van der Waals surface area contributed by atoms with Gasteiger partial charge in [-0.05, 0) is 31.9 Å². The fourth-order valence-corrected chi connectivity index (χ4v) is 3.34. The summed E-state index contributed by atoms with van der Waals surface area (Å²) in [6, 6.07) is 19.9. The van der Waals surface area contributed by atoms with Crippen LogP contribution < -0.4 is 0 Å². The highest BCUT2D eigenvalue weighted by Crippen LogP contribution is 2.40. The number of aliphatic hydroxyl groups is 1. The summed E-state index contributed by atoms with van der Waals surface area (Å²) >= 11 is 0. The van der Waals surface area contributed by atoms with E-state index in [2.05, 4.69) is 0 Å². The summed E-state index contributed by atoms with van der Waals surface area (Å²) < 4.78 is 18.0. The molecule has 2 aromatic rings. The Labute approximate surface area is 149 Å². The SMILES string of the molecule is CC1(C)OC(C)(O)[C@H](OCc2ccccc2)[C@H]1OCc1ccccc1. The van der Waals surface area contributed by atoms with E-state index in [0.29, 0.717) is 13.2 Å². The third kappa shape index (κ3) is 4.28. The smallest absolute Gasteiger partial charge is 0.192 e. The zero-order chi connectivity index (χ0) is 17.9. The van der Waals surface area contributed by atoms with E-state index >= 15 is 0 Å². The van der Waals surface area contributed by atoms with Crippen molar-refractivity contribution in [3.8, 4) is 0 Å². The Morgan fingerprint density at radius 3 is 1.72 bits per heavy atom. The standard InChI is InChI=1S/C21H26O4/c1-20(2)18(23-14-16-10-6-4-7-11-16)19(21(3,22)25-20)24-15-17-12-8-5-9-13-17/h4-13,18-19,22H,14-15H2,1-3H3/t18-,19-,21?/m1/s1. The molecule has 0 aromatic heterocycles. The Bertz CT molecular complexity index is 607. The van der Waals surface area contributed by atoms with E-state index in [4.69, 9.17) is 14.2 Å². The second-order valence-corrected chi connectivity index (χ2v) is 7.19. The summed E-state index contributed by atoms with van der Waals surface area (Å²) in [5, 5.41) is 10.7. The van der Waals surface area contributed by atoms with Gasteiger partial charge in [-0.3, -0.25) is 0 Å². The molecule has 0 bridgehead atoms. The second-order valence-electron chi connectivity index (χ2n) is 7.19. The van der Waals surface area contributed by atoms with Crippen molar-refractivity contribution in [3.05, 3.63) is 71.8 Å². The van der Waals surface area contributed by atoms with E-state index in [1.807, 2.05) is 74.5 Å². The summed E-state index contributed by atoms with van der Waals surface area (Å²) in [5.74, 6) is -1.40. The van der Waals surface area contributed by atoms with E-state index in [9.17, 15) is 5.11 Å². The molecule has 4 nitrogen and oxygen atoms in total. The van der Waals surface area contributed by atoms with Gasteiger partial charge in [-0.2, -0.15) is 0 Å². The van der Waals surface area contributed by atoms with Crippen molar-refractivity contribution in [1.82, 2.24) is 0 Å². The Kier molecular flexibility index (Phi) is 5.25. The van der Waals surface area contributed by atoms with Gasteiger partial charge in [0.25, 0.3) is 0 Å². The average Bonchev–Trinajstić information content (AvgIpc) is 2.76. The second kappa shape index (κ2) is 7.26. The third-order valence-corrected chi connectivity index (χ3v) is 4.50. The molecule has 1 aliphatic heterocycles. The molecular weight excluding hydrogens is 316 g/mol. The minimum atomic E-state index is -1.40. The van der Waals surface area contributed by atoms with Crippen LogP contribution in [-0.2, 0) is 27.4 Å². The van der Waals surface area contributed by atoms with Gasteiger partial charge in [0.05, 0.1) is 18.8 Å². The molecule has 1 N–H and O–H groups in total. The lowest BCUT2D eigenvalue weighted by Gasteiger charge is -2.29. The maximum absolute atomic E-state index is 10.7. The first-order chi connectivity index (χ1) is 11.9. The summed E-state index contributed by atoms with van der Waals surface area (Å²) in [7, 11) is 0. The highest BCUT2D eigenvalue weighted by molar-refractivity contribution is 5.15. The molecule has 1 unspecified atom stereocenters. The van der Waals surface area contributed by atoms with Gasteiger partial charge in [-0.25, -0.2) is 0 Å². The van der Waals surface area contributed by atoms with E-state index in [0.717, 1.165) is 11.1 Å². The van der Waals surface area contributed by atoms with Crippen molar-refractivity contribution >= 4 is 0 Å². The highest BCUT2D eigenvalue weighted by atomic mass is 16.7. The van der Waals surface area contributed by atoms with Gasteiger partial charge < -0.3 is 19.3 Å². The Balaban J connectivity index is 1.72. The number of rotatable bonds is 6. The van der Waals surface area contributed by atoms with Crippen LogP contribution in [0.4, 0.5) is 0 Å². The van der Waals surface area contributed by atoms with Crippen LogP contribution in [0.15, 0.2) is 60.7 Å². The molecule has 134 valence electrons. The normalized spacial score (nSPS) is 28.2. The van der Waals surface area contributed by atoms with Crippen molar-refractivity contribution in [1.29, 1.82) is 0 Å². The lowest BCUT2D eigenvalue weighted by atomic mass is 9.97. The molecule has 0 amide bonds. The quantitative estimate of drug-likeness (QED) is 0.870. The molecule has 3 rings (SSSR count). The van der Waals surface area contributed by atoms with Crippen molar-refractivity contribution in [2.24, 2.45) is 0 Å². The minimum Gasteiger partial charge on any atom is -0.368 e. The third-order valence-electron chi connectivity index (χ3n) is 4.50. The zero-order valence-corrected chi connectivity index (χ0v) is 15.0. The predicted molar refractivity (Wildman–Crippen MR) is 95.8 cm³/mol. The van der Waals surface area contributed by atoms with Crippen LogP contribution in [0.5, 0.6) is 0 Å². The predicted octanol–water partition coefficient (Wildman–Crippen LogP) is 3.67. The van der Waals surface area contributed by atoms with Gasteiger partial charge in [0.1, 0.15) is 12.2 Å². The maximum Gasteiger partial charge on any atom is 0.192 e. The van der Waals surface area contributed by atoms with Crippen LogP contribution in [0.2, 0.25) is 0 Å². The monoisotopic (exact) mass is 342 g/mol. The molecule has 1 saturated heterocycles. The van der Waals surface area contributed by atoms with Gasteiger partial charge in [-0.15, -0.1) is 0 Å². The average molecular weight is 342 g/mol. The van der Waals surface area contributed by atoms with E-state index < -0.39 is 17.5 Å². The molecule has 0 radical (unpaired) electrons. The summed E-state index contributed by atoms with van der Waals surface area (Å²) in [6.45, 7) is 6.31. The number of hydrogen-bond acceptors (Lipinski definition) is 4. The first-order valence-corrected chi connectivity index (χ1v) is 8.62. The summed E-state index contributed by atoms with van der Waals surface area (Å²) in [6.07, 6.45) is -0.960. The largest absolute Gasteiger partial charge is 0.368 e. The molecule has 25 heavy (non-hydrogen) atoms. The number of hydrogen-bond donors (Lipinski definition) is 1. The Morgan fingerprint density at radius 2 is 1.24 bits per heavy atom. The molecular formula is C21H26O4. The van der Waals surface area contributed by atoms with Crippen molar-refractivity contribution in [3.63, 3.8) is 0 Å². The van der Waals surface area contributed by atoms with Gasteiger partial charge in [0, 0.05) is 0 Å². The Hall–Kier alpha value is -1.72. The van der Waals surface area contributed by atoms with E-state index in [1.165, 1.54) is 0 Å². The molecule has 1 fully saturated rings. The first kappa shape index (κ1) is 18.1. The van der Waals surface area contributed by atoms with E-state index in [1.54, 1.807) is 6.92 Å². The van der Waals surface area contributed by atoms with Crippen LogP contribution in [-0.4, -0.2) is 28.7 Å². The molecule has 1 heterocycles.